The smallest absolute Gasteiger partial charge is 0.253 e. The van der Waals surface area contributed by atoms with Crippen molar-refractivity contribution in [3.8, 4) is 5.75 Å². The molecule has 0 unspecified atom stereocenters. The van der Waals surface area contributed by atoms with Gasteiger partial charge in [-0.15, -0.1) is 0 Å². The van der Waals surface area contributed by atoms with E-state index in [1.54, 1.807) is 19.1 Å². The summed E-state index contributed by atoms with van der Waals surface area (Å²) in [5.74, 6) is -0.750. The van der Waals surface area contributed by atoms with Gasteiger partial charge in [-0.1, -0.05) is 0 Å². The van der Waals surface area contributed by atoms with Gasteiger partial charge in [-0.2, -0.15) is 0 Å². The van der Waals surface area contributed by atoms with E-state index in [0.29, 0.717) is 11.4 Å². The number of pyridine rings is 1. The van der Waals surface area contributed by atoms with Crippen molar-refractivity contribution in [2.75, 3.05) is 16.8 Å². The Hall–Kier alpha value is -3.01. The summed E-state index contributed by atoms with van der Waals surface area (Å²) in [5, 5.41) is 14.6. The Balaban J connectivity index is 1.60. The lowest BCUT2D eigenvalue weighted by Crippen LogP contribution is -2.63. The summed E-state index contributed by atoms with van der Waals surface area (Å²) in [5.41, 5.74) is -0.0835. The zero-order valence-electron chi connectivity index (χ0n) is 19.4. The van der Waals surface area contributed by atoms with Gasteiger partial charge in [0.25, 0.3) is 5.91 Å². The van der Waals surface area contributed by atoms with Crippen LogP contribution in [0.4, 0.5) is 10.1 Å². The third kappa shape index (κ3) is 5.22. The summed E-state index contributed by atoms with van der Waals surface area (Å²) >= 11 is 0. The number of amides is 1. The molecule has 1 saturated heterocycles. The number of sulfone groups is 1. The molecule has 1 aromatic carbocycles. The minimum atomic E-state index is -3.12. The highest BCUT2D eigenvalue weighted by Crippen LogP contribution is 2.29. The molecule has 34 heavy (non-hydrogen) atoms. The van der Waals surface area contributed by atoms with Crippen molar-refractivity contribution >= 4 is 27.1 Å². The van der Waals surface area contributed by atoms with Gasteiger partial charge >= 0.3 is 0 Å². The minimum Gasteiger partial charge on any atom is -0.490 e. The number of carbonyl (C=O) groups is 1. The second-order valence-electron chi connectivity index (χ2n) is 9.65. The van der Waals surface area contributed by atoms with Crippen LogP contribution in [0.15, 0.2) is 30.5 Å². The lowest BCUT2D eigenvalue weighted by atomic mass is 9.96. The van der Waals surface area contributed by atoms with Crippen LogP contribution < -0.4 is 15.4 Å². The van der Waals surface area contributed by atoms with E-state index in [4.69, 9.17) is 10.1 Å². The number of nitrogens with one attached hydrogen (secondary N) is 3. The Labute approximate surface area is 198 Å². The zero-order valence-corrected chi connectivity index (χ0v) is 20.3. The highest BCUT2D eigenvalue weighted by atomic mass is 32.2. The van der Waals surface area contributed by atoms with Crippen LogP contribution in [0.25, 0.3) is 0 Å². The highest BCUT2D eigenvalue weighted by molar-refractivity contribution is 7.93. The highest BCUT2D eigenvalue weighted by Gasteiger charge is 2.45. The van der Waals surface area contributed by atoms with Crippen molar-refractivity contribution in [2.24, 2.45) is 0 Å². The van der Waals surface area contributed by atoms with E-state index >= 15 is 0 Å². The van der Waals surface area contributed by atoms with Crippen LogP contribution in [0.3, 0.4) is 0 Å². The maximum absolute atomic E-state index is 14.7. The molecule has 0 radical (unpaired) electrons. The Morgan fingerprint density at radius 2 is 1.97 bits per heavy atom. The van der Waals surface area contributed by atoms with Crippen LogP contribution in [-0.4, -0.2) is 54.2 Å². The Morgan fingerprint density at radius 1 is 1.26 bits per heavy atom. The number of aromatic nitrogens is 1. The number of anilines is 1. The monoisotopic (exact) mass is 488 g/mol. The number of nitrogens with zero attached hydrogens (tertiary/aromatic N) is 1. The van der Waals surface area contributed by atoms with E-state index in [1.165, 1.54) is 18.3 Å². The molecule has 0 bridgehead atoms. The molecule has 1 aliphatic carbocycles. The maximum atomic E-state index is 14.7. The number of hydrogen-bond donors (Lipinski definition) is 3. The Kier molecular flexibility index (Phi) is 6.37. The first kappa shape index (κ1) is 24.1. The molecule has 2 fully saturated rings. The molecule has 1 saturated carbocycles. The maximum Gasteiger partial charge on any atom is 0.253 e. The van der Waals surface area contributed by atoms with Crippen molar-refractivity contribution in [1.29, 1.82) is 5.41 Å². The molecule has 8 nitrogen and oxygen atoms in total. The van der Waals surface area contributed by atoms with Gasteiger partial charge in [0.15, 0.2) is 9.84 Å². The third-order valence-electron chi connectivity index (χ3n) is 5.89. The fraction of sp³-hybridized carbons (Fsp3) is 0.458. The number of halogens is 1. The lowest BCUT2D eigenvalue weighted by molar-refractivity contribution is 0.0916. The molecular weight excluding hydrogens is 459 g/mol. The van der Waals surface area contributed by atoms with Crippen LogP contribution in [0.1, 0.15) is 61.6 Å². The van der Waals surface area contributed by atoms with Gasteiger partial charge in [0.1, 0.15) is 17.3 Å². The van der Waals surface area contributed by atoms with Gasteiger partial charge in [0, 0.05) is 17.8 Å². The van der Waals surface area contributed by atoms with Crippen LogP contribution in [0.2, 0.25) is 0 Å². The second-order valence-corrected chi connectivity index (χ2v) is 11.7. The van der Waals surface area contributed by atoms with Crippen molar-refractivity contribution in [3.05, 3.63) is 53.1 Å². The number of carbonyl (C=O) groups excluding carboxylic acids is 1. The number of benzene rings is 1. The van der Waals surface area contributed by atoms with Gasteiger partial charge < -0.3 is 15.4 Å². The average Bonchev–Trinajstić information content (AvgIpc) is 2.69. The second kappa shape index (κ2) is 8.98. The third-order valence-corrected chi connectivity index (χ3v) is 8.04. The first-order chi connectivity index (χ1) is 15.9. The van der Waals surface area contributed by atoms with Crippen molar-refractivity contribution in [1.82, 2.24) is 10.3 Å². The fourth-order valence-electron chi connectivity index (χ4n) is 4.13. The predicted molar refractivity (Wildman–Crippen MR) is 128 cm³/mol. The van der Waals surface area contributed by atoms with Crippen molar-refractivity contribution in [2.45, 2.75) is 57.7 Å². The van der Waals surface area contributed by atoms with E-state index in [9.17, 15) is 17.6 Å². The summed E-state index contributed by atoms with van der Waals surface area (Å²) in [7, 11) is -3.12. The van der Waals surface area contributed by atoms with Crippen LogP contribution in [-0.2, 0) is 9.84 Å². The van der Waals surface area contributed by atoms with Crippen LogP contribution in [0, 0.1) is 11.2 Å². The van der Waals surface area contributed by atoms with Crippen LogP contribution >= 0.6 is 0 Å². The normalized spacial score (nSPS) is 18.5. The average molecular weight is 489 g/mol. The Bertz CT molecular complexity index is 1230. The molecule has 182 valence electrons. The van der Waals surface area contributed by atoms with E-state index < -0.39 is 27.1 Å². The summed E-state index contributed by atoms with van der Waals surface area (Å²) < 4.78 is 43.6. The van der Waals surface area contributed by atoms with Crippen LogP contribution in [0.5, 0.6) is 5.75 Å². The summed E-state index contributed by atoms with van der Waals surface area (Å²) in [6.45, 7) is 5.47. The minimum absolute atomic E-state index is 0.0425. The number of ether oxygens (including phenoxy) is 1. The molecule has 1 aromatic heterocycles. The molecule has 0 spiro atoms. The summed E-state index contributed by atoms with van der Waals surface area (Å²) in [6.07, 6.45) is 4.46. The summed E-state index contributed by atoms with van der Waals surface area (Å²) in [4.78, 5) is 17.1. The Morgan fingerprint density at radius 3 is 2.56 bits per heavy atom. The van der Waals surface area contributed by atoms with Gasteiger partial charge in [0.2, 0.25) is 0 Å². The van der Waals surface area contributed by atoms with E-state index in [-0.39, 0.29) is 46.2 Å². The molecule has 1 aliphatic heterocycles. The van der Waals surface area contributed by atoms with E-state index in [1.807, 2.05) is 13.8 Å². The SMILES string of the molecule is CC(C)Nc1cc(C(=O)NC2(C)CS(=O)(=O)C2)cnc1C(=N)c1cc(OC2CCC2)ccc1F. The molecule has 0 atom stereocenters. The quantitative estimate of drug-likeness (QED) is 0.490. The molecule has 2 aromatic rings. The molecule has 2 heterocycles. The topological polar surface area (TPSA) is 121 Å². The first-order valence-corrected chi connectivity index (χ1v) is 13.1. The number of hydrogen-bond acceptors (Lipinski definition) is 7. The number of rotatable bonds is 8. The van der Waals surface area contributed by atoms with Crippen molar-refractivity contribution in [3.63, 3.8) is 0 Å². The van der Waals surface area contributed by atoms with Gasteiger partial charge in [-0.3, -0.25) is 15.2 Å². The predicted octanol–water partition coefficient (Wildman–Crippen LogP) is 3.31. The van der Waals surface area contributed by atoms with Gasteiger partial charge in [-0.05, 0) is 64.3 Å². The first-order valence-electron chi connectivity index (χ1n) is 11.3. The molecule has 2 aliphatic rings. The zero-order chi connectivity index (χ0) is 24.7. The molecule has 4 rings (SSSR count). The molecular formula is C24H29FN4O4S. The molecule has 1 amide bonds. The van der Waals surface area contributed by atoms with Gasteiger partial charge in [-0.25, -0.2) is 12.8 Å². The fourth-order valence-corrected chi connectivity index (χ4v) is 6.14. The van der Waals surface area contributed by atoms with E-state index in [0.717, 1.165) is 19.3 Å². The largest absolute Gasteiger partial charge is 0.490 e. The van der Waals surface area contributed by atoms with E-state index in [2.05, 4.69) is 15.6 Å². The summed E-state index contributed by atoms with van der Waals surface area (Å²) in [6, 6.07) is 5.85. The van der Waals surface area contributed by atoms with Gasteiger partial charge in [0.05, 0.1) is 40.1 Å². The standard InChI is InChI=1S/C24H29FN4O4S/c1-14(2)28-20-9-15(23(30)29-24(3)12-34(31,32)13-24)11-27-22(20)21(26)18-10-17(7-8-19(18)25)33-16-5-4-6-16/h7-11,14,16,26,28H,4-6,12-13H2,1-3H3,(H,29,30). The molecule has 10 heteroatoms. The van der Waals surface area contributed by atoms with Crippen molar-refractivity contribution < 1.29 is 22.3 Å². The molecule has 3 N–H and O–H groups in total. The lowest BCUT2D eigenvalue weighted by Gasteiger charge is -2.38.